The summed E-state index contributed by atoms with van der Waals surface area (Å²) in [6.07, 6.45) is 1.66. The van der Waals surface area contributed by atoms with Gasteiger partial charge in [0.1, 0.15) is 0 Å². The van der Waals surface area contributed by atoms with E-state index in [2.05, 4.69) is 15.5 Å². The van der Waals surface area contributed by atoms with E-state index in [9.17, 15) is 4.21 Å². The molecule has 3 aromatic rings. The Morgan fingerprint density at radius 2 is 2.05 bits per heavy atom. The molecule has 2 aromatic heterocycles. The maximum atomic E-state index is 11.3. The van der Waals surface area contributed by atoms with Crippen molar-refractivity contribution >= 4 is 28.2 Å². The lowest BCUT2D eigenvalue weighted by Crippen LogP contribution is -1.99. The molecule has 0 spiro atoms. The Kier molecular flexibility index (Phi) is 4.12. The molecule has 0 saturated heterocycles. The summed E-state index contributed by atoms with van der Waals surface area (Å²) in [6, 6.07) is 11.8. The smallest absolute Gasteiger partial charge is 0.316 e. The normalized spacial score (nSPS) is 12.2. The van der Waals surface area contributed by atoms with Crippen LogP contribution in [-0.4, -0.2) is 20.7 Å². The SMILES string of the molecule is C[S@](=O)c1ccc(CNc2nnc(-c3cccs3)o2)cc1. The summed E-state index contributed by atoms with van der Waals surface area (Å²) in [5.41, 5.74) is 1.06. The zero-order valence-electron chi connectivity index (χ0n) is 11.3. The molecule has 7 heteroatoms. The highest BCUT2D eigenvalue weighted by Gasteiger charge is 2.08. The third-order valence-corrected chi connectivity index (χ3v) is 4.65. The number of nitrogens with one attached hydrogen (secondary N) is 1. The van der Waals surface area contributed by atoms with Crippen LogP contribution in [0.1, 0.15) is 5.56 Å². The van der Waals surface area contributed by atoms with Gasteiger partial charge in [-0.15, -0.1) is 16.4 Å². The second-order valence-electron chi connectivity index (χ2n) is 4.34. The Balaban J connectivity index is 1.64. The van der Waals surface area contributed by atoms with Gasteiger partial charge in [-0.1, -0.05) is 23.3 Å². The molecule has 5 nitrogen and oxygen atoms in total. The first kappa shape index (κ1) is 14.0. The minimum Gasteiger partial charge on any atom is -0.403 e. The van der Waals surface area contributed by atoms with Gasteiger partial charge in [-0.2, -0.15) is 0 Å². The number of anilines is 1. The Morgan fingerprint density at radius 1 is 1.24 bits per heavy atom. The van der Waals surface area contributed by atoms with Crippen LogP contribution in [0.4, 0.5) is 6.01 Å². The maximum Gasteiger partial charge on any atom is 0.316 e. The number of hydrogen-bond donors (Lipinski definition) is 1. The molecular formula is C14H13N3O2S2. The van der Waals surface area contributed by atoms with Gasteiger partial charge < -0.3 is 9.73 Å². The van der Waals surface area contributed by atoms with Gasteiger partial charge in [0.25, 0.3) is 5.89 Å². The molecule has 0 amide bonds. The molecule has 2 heterocycles. The molecule has 1 N–H and O–H groups in total. The predicted octanol–water partition coefficient (Wildman–Crippen LogP) is 3.15. The zero-order chi connectivity index (χ0) is 14.7. The predicted molar refractivity (Wildman–Crippen MR) is 83.7 cm³/mol. The monoisotopic (exact) mass is 319 g/mol. The molecular weight excluding hydrogens is 306 g/mol. The number of aromatic nitrogens is 2. The van der Waals surface area contributed by atoms with Crippen molar-refractivity contribution in [1.82, 2.24) is 10.2 Å². The van der Waals surface area contributed by atoms with Crippen molar-refractivity contribution in [2.24, 2.45) is 0 Å². The lowest BCUT2D eigenvalue weighted by atomic mass is 10.2. The second-order valence-corrected chi connectivity index (χ2v) is 6.67. The van der Waals surface area contributed by atoms with E-state index in [-0.39, 0.29) is 0 Å². The van der Waals surface area contributed by atoms with Crippen LogP contribution in [0.15, 0.2) is 51.1 Å². The molecule has 0 aliphatic rings. The molecule has 0 bridgehead atoms. The van der Waals surface area contributed by atoms with Crippen LogP contribution in [0.5, 0.6) is 0 Å². The molecule has 0 aliphatic heterocycles. The number of rotatable bonds is 5. The van der Waals surface area contributed by atoms with Crippen LogP contribution < -0.4 is 5.32 Å². The van der Waals surface area contributed by atoms with Gasteiger partial charge in [-0.25, -0.2) is 0 Å². The summed E-state index contributed by atoms with van der Waals surface area (Å²) >= 11 is 1.56. The van der Waals surface area contributed by atoms with E-state index >= 15 is 0 Å². The fraction of sp³-hybridized carbons (Fsp3) is 0.143. The minimum atomic E-state index is -0.951. The fourth-order valence-corrected chi connectivity index (χ4v) is 2.93. The zero-order valence-corrected chi connectivity index (χ0v) is 12.9. The first-order chi connectivity index (χ1) is 10.2. The number of nitrogens with zero attached hydrogens (tertiary/aromatic N) is 2. The van der Waals surface area contributed by atoms with Crippen molar-refractivity contribution in [2.45, 2.75) is 11.4 Å². The van der Waals surface area contributed by atoms with Crippen molar-refractivity contribution in [3.63, 3.8) is 0 Å². The van der Waals surface area contributed by atoms with E-state index in [1.54, 1.807) is 17.6 Å². The third-order valence-electron chi connectivity index (χ3n) is 2.86. The summed E-state index contributed by atoms with van der Waals surface area (Å²) in [5.74, 6) is 0.518. The first-order valence-electron chi connectivity index (χ1n) is 6.26. The van der Waals surface area contributed by atoms with E-state index in [1.807, 2.05) is 41.8 Å². The molecule has 108 valence electrons. The van der Waals surface area contributed by atoms with E-state index in [0.29, 0.717) is 18.5 Å². The molecule has 1 atom stereocenters. The van der Waals surface area contributed by atoms with Gasteiger partial charge in [-0.3, -0.25) is 4.21 Å². The first-order valence-corrected chi connectivity index (χ1v) is 8.70. The Bertz CT molecular complexity index is 736. The summed E-state index contributed by atoms with van der Waals surface area (Å²) < 4.78 is 16.9. The van der Waals surface area contributed by atoms with Crippen LogP contribution in [0.25, 0.3) is 10.8 Å². The molecule has 0 saturated carbocycles. The largest absolute Gasteiger partial charge is 0.403 e. The van der Waals surface area contributed by atoms with Crippen molar-refractivity contribution in [2.75, 3.05) is 11.6 Å². The van der Waals surface area contributed by atoms with Crippen LogP contribution in [0.2, 0.25) is 0 Å². The van der Waals surface area contributed by atoms with E-state index < -0.39 is 10.8 Å². The van der Waals surface area contributed by atoms with E-state index in [4.69, 9.17) is 4.42 Å². The third kappa shape index (κ3) is 3.37. The highest BCUT2D eigenvalue weighted by molar-refractivity contribution is 7.84. The van der Waals surface area contributed by atoms with Crippen molar-refractivity contribution in [1.29, 1.82) is 0 Å². The highest BCUT2D eigenvalue weighted by Crippen LogP contribution is 2.24. The molecule has 3 rings (SSSR count). The highest BCUT2D eigenvalue weighted by atomic mass is 32.2. The topological polar surface area (TPSA) is 68.0 Å². The molecule has 1 aromatic carbocycles. The van der Waals surface area contributed by atoms with Gasteiger partial charge in [-0.05, 0) is 29.1 Å². The Morgan fingerprint density at radius 3 is 2.71 bits per heavy atom. The maximum absolute atomic E-state index is 11.3. The number of benzene rings is 1. The Labute approximate surface area is 128 Å². The average molecular weight is 319 g/mol. The number of thiophene rings is 1. The van der Waals surface area contributed by atoms with Crippen LogP contribution in [0.3, 0.4) is 0 Å². The summed E-state index contributed by atoms with van der Waals surface area (Å²) in [6.45, 7) is 0.572. The Hall–Kier alpha value is -1.99. The lowest BCUT2D eigenvalue weighted by Gasteiger charge is -2.02. The van der Waals surface area contributed by atoms with Crippen LogP contribution >= 0.6 is 11.3 Å². The lowest BCUT2D eigenvalue weighted by molar-refractivity contribution is 0.582. The van der Waals surface area contributed by atoms with Crippen molar-refractivity contribution < 1.29 is 8.63 Å². The van der Waals surface area contributed by atoms with Crippen molar-refractivity contribution in [3.8, 4) is 10.8 Å². The molecule has 0 fully saturated rings. The second kappa shape index (κ2) is 6.19. The molecule has 0 radical (unpaired) electrons. The van der Waals surface area contributed by atoms with E-state index in [0.717, 1.165) is 15.3 Å². The van der Waals surface area contributed by atoms with Gasteiger partial charge in [0.15, 0.2) is 0 Å². The minimum absolute atomic E-state index is 0.390. The summed E-state index contributed by atoms with van der Waals surface area (Å²) in [5, 5.41) is 13.0. The fourth-order valence-electron chi connectivity index (χ4n) is 1.77. The molecule has 0 unspecified atom stereocenters. The van der Waals surface area contributed by atoms with Gasteiger partial charge in [0, 0.05) is 28.5 Å². The summed E-state index contributed by atoms with van der Waals surface area (Å²) in [7, 11) is -0.951. The molecule has 21 heavy (non-hydrogen) atoms. The van der Waals surface area contributed by atoms with Gasteiger partial charge in [0.2, 0.25) is 0 Å². The van der Waals surface area contributed by atoms with E-state index in [1.165, 1.54) is 0 Å². The molecule has 0 aliphatic carbocycles. The average Bonchev–Trinajstić information content (AvgIpc) is 3.16. The summed E-state index contributed by atoms with van der Waals surface area (Å²) in [4.78, 5) is 1.77. The van der Waals surface area contributed by atoms with Crippen LogP contribution in [0, 0.1) is 0 Å². The van der Waals surface area contributed by atoms with Crippen molar-refractivity contribution in [3.05, 3.63) is 47.3 Å². The number of hydrogen-bond acceptors (Lipinski definition) is 6. The standard InChI is InChI=1S/C14H13N3O2S2/c1-21(18)11-6-4-10(5-7-11)9-15-14-17-16-13(19-14)12-3-2-8-20-12/h2-8H,9H2,1H3,(H,15,17)/t21-/m0/s1. The van der Waals surface area contributed by atoms with Crippen LogP contribution in [-0.2, 0) is 17.3 Å². The van der Waals surface area contributed by atoms with Gasteiger partial charge >= 0.3 is 6.01 Å². The van der Waals surface area contributed by atoms with Gasteiger partial charge in [0.05, 0.1) is 4.88 Å². The quantitative estimate of drug-likeness (QED) is 0.782.